The highest BCUT2D eigenvalue weighted by Gasteiger charge is 2.30. The lowest BCUT2D eigenvalue weighted by atomic mass is 9.88. The van der Waals surface area contributed by atoms with Gasteiger partial charge < -0.3 is 20.1 Å². The van der Waals surface area contributed by atoms with Crippen LogP contribution in [0.3, 0.4) is 0 Å². The number of fused-ring (bicyclic) bond motifs is 1. The number of aromatic amines is 1. The van der Waals surface area contributed by atoms with Gasteiger partial charge in [-0.2, -0.15) is 13.2 Å². The summed E-state index contributed by atoms with van der Waals surface area (Å²) in [4.78, 5) is 22.2. The second kappa shape index (κ2) is 13.4. The Morgan fingerprint density at radius 2 is 1.76 bits per heavy atom. The van der Waals surface area contributed by atoms with E-state index in [2.05, 4.69) is 26.8 Å². The summed E-state index contributed by atoms with van der Waals surface area (Å²) < 4.78 is 38.5. The van der Waals surface area contributed by atoms with E-state index in [-0.39, 0.29) is 12.6 Å². The number of aliphatic hydroxyl groups excluding tert-OH is 1. The van der Waals surface area contributed by atoms with Crippen LogP contribution in [0, 0.1) is 5.92 Å². The minimum absolute atomic E-state index is 0.248. The maximum Gasteiger partial charge on any atom is 0.416 e. The molecule has 1 aromatic carbocycles. The molecule has 2 aromatic heterocycles. The van der Waals surface area contributed by atoms with E-state index in [9.17, 15) is 18.3 Å². The highest BCUT2D eigenvalue weighted by Crippen LogP contribution is 2.32. The van der Waals surface area contributed by atoms with Crippen molar-refractivity contribution < 1.29 is 28.2 Å². The SMILES string of the molecule is CCC1CCCCC1.O=CO.OC1CCN(c2ccc(-c3nc4ccc(C(F)(F)F)cc4[nH]3)cn2)CC1. The van der Waals surface area contributed by atoms with Crippen LogP contribution in [-0.4, -0.2) is 50.8 Å². The number of rotatable bonds is 3. The van der Waals surface area contributed by atoms with E-state index in [0.29, 0.717) is 35.3 Å². The van der Waals surface area contributed by atoms with Gasteiger partial charge in [-0.15, -0.1) is 0 Å². The number of hydrogen-bond acceptors (Lipinski definition) is 5. The van der Waals surface area contributed by atoms with E-state index >= 15 is 0 Å². The molecule has 0 atom stereocenters. The van der Waals surface area contributed by atoms with Crippen molar-refractivity contribution in [3.63, 3.8) is 0 Å². The molecule has 202 valence electrons. The molecule has 37 heavy (non-hydrogen) atoms. The summed E-state index contributed by atoms with van der Waals surface area (Å²) in [5.41, 5.74) is 0.808. The standard InChI is InChI=1S/C18H17F3N4O.C8H16.CH2O2/c19-18(20,21)12-2-3-14-15(9-12)24-17(23-14)11-1-4-16(22-10-11)25-7-5-13(26)6-8-25;1-2-8-6-4-3-5-7-8;2-1-3/h1-4,9-10,13,26H,5-8H2,(H,23,24);8H,2-7H2,1H3;1H,(H,2,3). The first-order valence-electron chi connectivity index (χ1n) is 12.8. The molecule has 0 amide bonds. The molecule has 0 spiro atoms. The first-order valence-corrected chi connectivity index (χ1v) is 12.8. The Labute approximate surface area is 214 Å². The van der Waals surface area contributed by atoms with Crippen LogP contribution in [0.15, 0.2) is 36.5 Å². The predicted molar refractivity (Wildman–Crippen MR) is 137 cm³/mol. The van der Waals surface area contributed by atoms with E-state index in [0.717, 1.165) is 37.0 Å². The van der Waals surface area contributed by atoms with Crippen LogP contribution in [-0.2, 0) is 11.0 Å². The average Bonchev–Trinajstić information content (AvgIpc) is 3.34. The Morgan fingerprint density at radius 3 is 2.30 bits per heavy atom. The van der Waals surface area contributed by atoms with Gasteiger partial charge in [0, 0.05) is 24.8 Å². The molecule has 0 unspecified atom stereocenters. The maximum absolute atomic E-state index is 12.8. The first-order chi connectivity index (χ1) is 17.7. The number of anilines is 1. The Balaban J connectivity index is 0.000000290. The van der Waals surface area contributed by atoms with Crippen LogP contribution in [0.5, 0.6) is 0 Å². The lowest BCUT2D eigenvalue weighted by molar-refractivity contribution is -0.137. The molecular formula is C27H35F3N4O3. The smallest absolute Gasteiger partial charge is 0.416 e. The van der Waals surface area contributed by atoms with Crippen molar-refractivity contribution in [3.8, 4) is 11.4 Å². The van der Waals surface area contributed by atoms with E-state index in [1.165, 1.54) is 44.6 Å². The number of carbonyl (C=O) groups is 1. The number of H-pyrrole nitrogens is 1. The summed E-state index contributed by atoms with van der Waals surface area (Å²) in [6, 6.07) is 7.15. The summed E-state index contributed by atoms with van der Waals surface area (Å²) in [6.45, 7) is 3.56. The number of nitrogens with one attached hydrogen (secondary N) is 1. The summed E-state index contributed by atoms with van der Waals surface area (Å²) >= 11 is 0. The number of carboxylic acid groups (broad SMARTS) is 1. The third-order valence-electron chi connectivity index (χ3n) is 6.92. The van der Waals surface area contributed by atoms with Crippen molar-refractivity contribution in [3.05, 3.63) is 42.1 Å². The number of aliphatic hydroxyl groups is 1. The van der Waals surface area contributed by atoms with Gasteiger partial charge >= 0.3 is 6.18 Å². The van der Waals surface area contributed by atoms with Gasteiger partial charge in [-0.05, 0) is 49.1 Å². The zero-order valence-corrected chi connectivity index (χ0v) is 21.0. The minimum Gasteiger partial charge on any atom is -0.483 e. The van der Waals surface area contributed by atoms with Crippen LogP contribution >= 0.6 is 0 Å². The van der Waals surface area contributed by atoms with E-state index in [1.54, 1.807) is 6.20 Å². The van der Waals surface area contributed by atoms with Gasteiger partial charge in [0.1, 0.15) is 11.6 Å². The van der Waals surface area contributed by atoms with Gasteiger partial charge in [-0.3, -0.25) is 4.79 Å². The number of aromatic nitrogens is 3. The molecule has 10 heteroatoms. The second-order valence-electron chi connectivity index (χ2n) is 9.46. The molecule has 2 fully saturated rings. The quantitative estimate of drug-likeness (QED) is 0.351. The lowest BCUT2D eigenvalue weighted by Gasteiger charge is -2.30. The van der Waals surface area contributed by atoms with Gasteiger partial charge in [0.2, 0.25) is 0 Å². The van der Waals surface area contributed by atoms with E-state index in [1.807, 2.05) is 12.1 Å². The molecule has 3 aromatic rings. The molecule has 7 nitrogen and oxygen atoms in total. The molecule has 5 rings (SSSR count). The van der Waals surface area contributed by atoms with Crippen molar-refractivity contribution in [2.24, 2.45) is 5.92 Å². The first kappa shape index (κ1) is 28.4. The normalized spacial score (nSPS) is 16.9. The highest BCUT2D eigenvalue weighted by molar-refractivity contribution is 5.80. The van der Waals surface area contributed by atoms with Crippen molar-refractivity contribution in [2.45, 2.75) is 70.6 Å². The van der Waals surface area contributed by atoms with Crippen LogP contribution in [0.4, 0.5) is 19.0 Å². The number of nitrogens with zero attached hydrogens (tertiary/aromatic N) is 3. The van der Waals surface area contributed by atoms with Gasteiger partial charge in [0.15, 0.2) is 0 Å². The lowest BCUT2D eigenvalue weighted by Crippen LogP contribution is -2.36. The van der Waals surface area contributed by atoms with Crippen LogP contribution in [0.25, 0.3) is 22.4 Å². The number of imidazole rings is 1. The fourth-order valence-electron chi connectivity index (χ4n) is 4.73. The summed E-state index contributed by atoms with van der Waals surface area (Å²) in [5, 5.41) is 16.5. The number of piperidine rings is 1. The minimum atomic E-state index is -4.38. The Hall–Kier alpha value is -3.14. The molecule has 0 radical (unpaired) electrons. The molecular weight excluding hydrogens is 485 g/mol. The fourth-order valence-corrected chi connectivity index (χ4v) is 4.73. The third kappa shape index (κ3) is 8.18. The predicted octanol–water partition coefficient (Wildman–Crippen LogP) is 6.28. The zero-order valence-electron chi connectivity index (χ0n) is 21.0. The maximum atomic E-state index is 12.8. The Bertz CT molecular complexity index is 1100. The average molecular weight is 521 g/mol. The van der Waals surface area contributed by atoms with Gasteiger partial charge in [-0.1, -0.05) is 45.4 Å². The number of alkyl halides is 3. The van der Waals surface area contributed by atoms with Crippen molar-refractivity contribution in [2.75, 3.05) is 18.0 Å². The fraction of sp³-hybridized carbons (Fsp3) is 0.519. The molecule has 2 aliphatic rings. The molecule has 3 heterocycles. The molecule has 1 aliphatic carbocycles. The van der Waals surface area contributed by atoms with Crippen LogP contribution in [0.1, 0.15) is 63.9 Å². The number of pyridine rings is 1. The van der Waals surface area contributed by atoms with Crippen molar-refractivity contribution in [1.29, 1.82) is 0 Å². The second-order valence-corrected chi connectivity index (χ2v) is 9.46. The summed E-state index contributed by atoms with van der Waals surface area (Å²) in [6.07, 6.45) is 7.39. The highest BCUT2D eigenvalue weighted by atomic mass is 19.4. The molecule has 3 N–H and O–H groups in total. The number of hydrogen-bond donors (Lipinski definition) is 3. The molecule has 1 saturated carbocycles. The Morgan fingerprint density at radius 1 is 1.08 bits per heavy atom. The summed E-state index contributed by atoms with van der Waals surface area (Å²) in [7, 11) is 0. The number of halogens is 3. The Kier molecular flexibility index (Phi) is 10.3. The monoisotopic (exact) mass is 520 g/mol. The summed E-state index contributed by atoms with van der Waals surface area (Å²) in [5.74, 6) is 2.38. The van der Waals surface area contributed by atoms with Gasteiger partial charge in [0.25, 0.3) is 6.47 Å². The van der Waals surface area contributed by atoms with E-state index < -0.39 is 11.7 Å². The van der Waals surface area contributed by atoms with Crippen LogP contribution < -0.4 is 4.90 Å². The molecule has 1 saturated heterocycles. The molecule has 1 aliphatic heterocycles. The van der Waals surface area contributed by atoms with Crippen molar-refractivity contribution in [1.82, 2.24) is 15.0 Å². The zero-order chi connectivity index (χ0) is 26.8. The van der Waals surface area contributed by atoms with E-state index in [4.69, 9.17) is 9.90 Å². The number of benzene rings is 1. The molecule has 0 bridgehead atoms. The van der Waals surface area contributed by atoms with Gasteiger partial charge in [-0.25, -0.2) is 9.97 Å². The van der Waals surface area contributed by atoms with Gasteiger partial charge in [0.05, 0.1) is 22.7 Å². The van der Waals surface area contributed by atoms with Crippen LogP contribution in [0.2, 0.25) is 0 Å². The van der Waals surface area contributed by atoms with Crippen molar-refractivity contribution >= 4 is 23.3 Å². The largest absolute Gasteiger partial charge is 0.483 e. The third-order valence-corrected chi connectivity index (χ3v) is 6.92. The topological polar surface area (TPSA) is 102 Å².